The van der Waals surface area contributed by atoms with Gasteiger partial charge >= 0.3 is 6.18 Å². The van der Waals surface area contributed by atoms with Crippen molar-refractivity contribution in [2.24, 2.45) is 5.14 Å². The second-order valence-electron chi connectivity index (χ2n) is 6.47. The molecule has 3 rings (SSSR count). The van der Waals surface area contributed by atoms with E-state index in [-0.39, 0.29) is 23.5 Å². The predicted molar refractivity (Wildman–Crippen MR) is 104 cm³/mol. The predicted octanol–water partition coefficient (Wildman–Crippen LogP) is 2.47. The number of hydrogen-bond acceptors (Lipinski definition) is 5. The van der Waals surface area contributed by atoms with Crippen LogP contribution in [0.15, 0.2) is 52.3 Å². The summed E-state index contributed by atoms with van der Waals surface area (Å²) in [6, 6.07) is 8.67. The van der Waals surface area contributed by atoms with E-state index < -0.39 is 38.8 Å². The van der Waals surface area contributed by atoms with Crippen LogP contribution in [0, 0.1) is 0 Å². The first-order chi connectivity index (χ1) is 13.9. The SMILES string of the molecule is NS(=O)(=O)c1ccc(CNC(=O)CC2Sc3ccc(C(F)(F)F)cc3NC2=O)cc1. The maximum absolute atomic E-state index is 12.8. The zero-order valence-electron chi connectivity index (χ0n) is 15.2. The van der Waals surface area contributed by atoms with E-state index in [1.54, 1.807) is 0 Å². The Kier molecular flexibility index (Phi) is 6.11. The number of primary sulfonamides is 1. The van der Waals surface area contributed by atoms with Crippen molar-refractivity contribution in [3.05, 3.63) is 53.6 Å². The lowest BCUT2D eigenvalue weighted by molar-refractivity contribution is -0.137. The fourth-order valence-corrected chi connectivity index (χ4v) is 4.31. The molecular weight excluding hydrogens is 443 g/mol. The number of anilines is 1. The number of sulfonamides is 1. The highest BCUT2D eigenvalue weighted by molar-refractivity contribution is 8.01. The van der Waals surface area contributed by atoms with Gasteiger partial charge < -0.3 is 10.6 Å². The fourth-order valence-electron chi connectivity index (χ4n) is 2.70. The second-order valence-corrected chi connectivity index (χ2v) is 9.28. The lowest BCUT2D eigenvalue weighted by Gasteiger charge is -2.24. The molecule has 7 nitrogen and oxygen atoms in total. The van der Waals surface area contributed by atoms with Gasteiger partial charge in [0.2, 0.25) is 21.8 Å². The lowest BCUT2D eigenvalue weighted by Crippen LogP contribution is -2.34. The third-order valence-corrected chi connectivity index (χ3v) is 6.44. The van der Waals surface area contributed by atoms with E-state index in [0.717, 1.165) is 23.9 Å². The molecule has 2 aromatic carbocycles. The van der Waals surface area contributed by atoms with E-state index in [4.69, 9.17) is 5.14 Å². The summed E-state index contributed by atoms with van der Waals surface area (Å²) in [5, 5.41) is 9.25. The third kappa shape index (κ3) is 5.32. The number of rotatable bonds is 5. The Morgan fingerprint density at radius 2 is 1.83 bits per heavy atom. The molecule has 12 heteroatoms. The largest absolute Gasteiger partial charge is 0.416 e. The number of carbonyl (C=O) groups is 2. The van der Waals surface area contributed by atoms with Gasteiger partial charge in [0.25, 0.3) is 0 Å². The van der Waals surface area contributed by atoms with Crippen LogP contribution >= 0.6 is 11.8 Å². The number of nitrogens with one attached hydrogen (secondary N) is 2. The van der Waals surface area contributed by atoms with Crippen LogP contribution < -0.4 is 15.8 Å². The molecule has 1 aliphatic rings. The van der Waals surface area contributed by atoms with E-state index in [0.29, 0.717) is 10.5 Å². The molecule has 0 fully saturated rings. The first kappa shape index (κ1) is 22.1. The normalized spacial score (nSPS) is 16.5. The molecule has 0 aliphatic carbocycles. The minimum absolute atomic E-state index is 0.0554. The van der Waals surface area contributed by atoms with Crippen LogP contribution in [0.2, 0.25) is 0 Å². The van der Waals surface area contributed by atoms with Crippen LogP contribution in [0.25, 0.3) is 0 Å². The standard InChI is InChI=1S/C18H16F3N3O4S2/c19-18(20,21)11-3-6-14-13(7-11)24-17(26)15(29-14)8-16(25)23-9-10-1-4-12(5-2-10)30(22,27)28/h1-7,15H,8-9H2,(H,23,25)(H,24,26)(H2,22,27,28). The summed E-state index contributed by atoms with van der Waals surface area (Å²) in [4.78, 5) is 24.8. The van der Waals surface area contributed by atoms with Gasteiger partial charge in [-0.1, -0.05) is 12.1 Å². The first-order valence-corrected chi connectivity index (χ1v) is 10.9. The molecule has 2 aromatic rings. The van der Waals surface area contributed by atoms with Crippen LogP contribution in [-0.4, -0.2) is 25.5 Å². The molecule has 0 radical (unpaired) electrons. The number of fused-ring (bicyclic) bond motifs is 1. The molecular formula is C18H16F3N3O4S2. The molecule has 30 heavy (non-hydrogen) atoms. The van der Waals surface area contributed by atoms with Crippen molar-refractivity contribution >= 4 is 39.3 Å². The van der Waals surface area contributed by atoms with Crippen molar-refractivity contribution in [2.45, 2.75) is 34.2 Å². The summed E-state index contributed by atoms with van der Waals surface area (Å²) < 4.78 is 60.9. The summed E-state index contributed by atoms with van der Waals surface area (Å²) >= 11 is 1.02. The van der Waals surface area contributed by atoms with Gasteiger partial charge in [-0.25, -0.2) is 13.6 Å². The number of thioether (sulfide) groups is 1. The third-order valence-electron chi connectivity index (χ3n) is 4.24. The van der Waals surface area contributed by atoms with Crippen molar-refractivity contribution in [3.8, 4) is 0 Å². The number of halogens is 3. The van der Waals surface area contributed by atoms with Crippen molar-refractivity contribution < 1.29 is 31.2 Å². The smallest absolute Gasteiger partial charge is 0.352 e. The van der Waals surface area contributed by atoms with Crippen molar-refractivity contribution in [1.82, 2.24) is 5.32 Å². The minimum atomic E-state index is -4.52. The summed E-state index contributed by atoms with van der Waals surface area (Å²) in [5.41, 5.74) is -0.181. The maximum Gasteiger partial charge on any atom is 0.416 e. The maximum atomic E-state index is 12.8. The summed E-state index contributed by atoms with van der Waals surface area (Å²) in [5.74, 6) is -0.993. The van der Waals surface area contributed by atoms with Gasteiger partial charge in [-0.2, -0.15) is 13.2 Å². The van der Waals surface area contributed by atoms with Gasteiger partial charge in [-0.15, -0.1) is 11.8 Å². The highest BCUT2D eigenvalue weighted by atomic mass is 32.2. The number of carbonyl (C=O) groups excluding carboxylic acids is 2. The Bertz CT molecular complexity index is 1090. The van der Waals surface area contributed by atoms with Gasteiger partial charge in [-0.05, 0) is 35.9 Å². The van der Waals surface area contributed by atoms with E-state index in [9.17, 15) is 31.2 Å². The van der Waals surface area contributed by atoms with Gasteiger partial charge in [0.05, 0.1) is 21.4 Å². The number of benzene rings is 2. The molecule has 1 aliphatic heterocycles. The van der Waals surface area contributed by atoms with Crippen LogP contribution in [0.5, 0.6) is 0 Å². The van der Waals surface area contributed by atoms with Crippen molar-refractivity contribution in [1.29, 1.82) is 0 Å². The molecule has 0 saturated carbocycles. The highest BCUT2D eigenvalue weighted by Crippen LogP contribution is 2.40. The molecule has 1 heterocycles. The Morgan fingerprint density at radius 1 is 1.17 bits per heavy atom. The molecule has 4 N–H and O–H groups in total. The molecule has 2 amide bonds. The van der Waals surface area contributed by atoms with Crippen LogP contribution in [-0.2, 0) is 32.3 Å². The lowest BCUT2D eigenvalue weighted by atomic mass is 10.1. The molecule has 160 valence electrons. The number of alkyl halides is 3. The van der Waals surface area contributed by atoms with E-state index in [1.165, 1.54) is 30.3 Å². The molecule has 1 atom stereocenters. The minimum Gasteiger partial charge on any atom is -0.352 e. The van der Waals surface area contributed by atoms with Gasteiger partial charge in [0, 0.05) is 17.9 Å². The summed E-state index contributed by atoms with van der Waals surface area (Å²) in [6.07, 6.45) is -4.69. The average Bonchev–Trinajstić information content (AvgIpc) is 2.65. The monoisotopic (exact) mass is 459 g/mol. The summed E-state index contributed by atoms with van der Waals surface area (Å²) in [6.45, 7) is 0.105. The van der Waals surface area contributed by atoms with Crippen LogP contribution in [0.4, 0.5) is 18.9 Å². The average molecular weight is 459 g/mol. The summed E-state index contributed by atoms with van der Waals surface area (Å²) in [7, 11) is -3.81. The van der Waals surface area contributed by atoms with Crippen LogP contribution in [0.1, 0.15) is 17.5 Å². The quantitative estimate of drug-likeness (QED) is 0.635. The molecule has 1 unspecified atom stereocenters. The van der Waals surface area contributed by atoms with Gasteiger partial charge in [0.1, 0.15) is 0 Å². The van der Waals surface area contributed by atoms with Crippen molar-refractivity contribution in [3.63, 3.8) is 0 Å². The number of hydrogen-bond donors (Lipinski definition) is 3. The zero-order valence-corrected chi connectivity index (χ0v) is 16.8. The number of nitrogens with two attached hydrogens (primary N) is 1. The first-order valence-electron chi connectivity index (χ1n) is 8.51. The molecule has 0 aromatic heterocycles. The topological polar surface area (TPSA) is 118 Å². The van der Waals surface area contributed by atoms with E-state index >= 15 is 0 Å². The number of amides is 2. The molecule has 0 saturated heterocycles. The Labute approximate surface area is 174 Å². The van der Waals surface area contributed by atoms with Crippen molar-refractivity contribution in [2.75, 3.05) is 5.32 Å². The fraction of sp³-hybridized carbons (Fsp3) is 0.222. The Morgan fingerprint density at radius 3 is 2.43 bits per heavy atom. The highest BCUT2D eigenvalue weighted by Gasteiger charge is 2.34. The Hall–Kier alpha value is -2.57. The zero-order chi connectivity index (χ0) is 22.1. The van der Waals surface area contributed by atoms with Gasteiger partial charge in [0.15, 0.2) is 0 Å². The molecule has 0 bridgehead atoms. The van der Waals surface area contributed by atoms with Crippen LogP contribution in [0.3, 0.4) is 0 Å². The second kappa shape index (κ2) is 8.28. The Balaban J connectivity index is 1.59. The molecule has 0 spiro atoms. The van der Waals surface area contributed by atoms with E-state index in [2.05, 4.69) is 10.6 Å². The van der Waals surface area contributed by atoms with E-state index in [1.807, 2.05) is 0 Å². The van der Waals surface area contributed by atoms with Gasteiger partial charge in [-0.3, -0.25) is 9.59 Å².